The summed E-state index contributed by atoms with van der Waals surface area (Å²) < 4.78 is 22.7. The van der Waals surface area contributed by atoms with Crippen LogP contribution in [0.1, 0.15) is 16.7 Å². The molecule has 6 rings (SSSR count). The van der Waals surface area contributed by atoms with Crippen LogP contribution in [0.5, 0.6) is 5.75 Å². The second-order valence-corrected chi connectivity index (χ2v) is 10.4. The van der Waals surface area contributed by atoms with Gasteiger partial charge in [0.05, 0.1) is 0 Å². The molecule has 0 amide bonds. The van der Waals surface area contributed by atoms with Crippen LogP contribution in [0.4, 0.5) is 4.39 Å². The number of ether oxygens (including phenoxy) is 1. The molecule has 0 unspecified atom stereocenters. The van der Waals surface area contributed by atoms with Crippen LogP contribution in [0.3, 0.4) is 0 Å². The average Bonchev–Trinajstić information content (AvgIpc) is 3.30. The highest BCUT2D eigenvalue weighted by molar-refractivity contribution is 5.87. The summed E-state index contributed by atoms with van der Waals surface area (Å²) in [7, 11) is 2.13. The summed E-state index contributed by atoms with van der Waals surface area (Å²) in [6.45, 7) is 5.50. The monoisotopic (exact) mass is 520 g/mol. The Bertz CT molecular complexity index is 1570. The standard InChI is InChI=1S/C33H33FN4O/c1-36-15-16-39-31-9-3-8-28(19-31)33-20-29-18-30(34)10-11-32(29)38(33)14-13-37(24-27-7-4-12-35-21-27)23-26-6-2-5-25(17-26)22-36/h2-12,17-21H,13-16,22-24H2,1H3. The van der Waals surface area contributed by atoms with Crippen LogP contribution in [-0.4, -0.2) is 46.1 Å². The minimum Gasteiger partial charge on any atom is -0.492 e. The third-order valence-corrected chi connectivity index (χ3v) is 7.35. The van der Waals surface area contributed by atoms with Crippen molar-refractivity contribution >= 4 is 10.9 Å². The average molecular weight is 521 g/mol. The van der Waals surface area contributed by atoms with E-state index in [4.69, 9.17) is 4.74 Å². The molecule has 0 radical (unpaired) electrons. The van der Waals surface area contributed by atoms with Crippen LogP contribution in [0.25, 0.3) is 22.2 Å². The number of halogens is 1. The minimum atomic E-state index is -0.222. The molecule has 0 N–H and O–H groups in total. The van der Waals surface area contributed by atoms with E-state index >= 15 is 0 Å². The van der Waals surface area contributed by atoms with Gasteiger partial charge in [0, 0.05) is 73.8 Å². The molecule has 1 aliphatic heterocycles. The van der Waals surface area contributed by atoms with E-state index in [1.54, 1.807) is 12.1 Å². The van der Waals surface area contributed by atoms with E-state index < -0.39 is 0 Å². The summed E-state index contributed by atoms with van der Waals surface area (Å²) in [4.78, 5) is 9.10. The highest BCUT2D eigenvalue weighted by atomic mass is 19.1. The second-order valence-electron chi connectivity index (χ2n) is 10.4. The fourth-order valence-corrected chi connectivity index (χ4v) is 5.47. The van der Waals surface area contributed by atoms with E-state index in [1.807, 2.05) is 36.7 Å². The van der Waals surface area contributed by atoms with Crippen molar-refractivity contribution in [2.75, 3.05) is 26.7 Å². The number of hydrogen-bond donors (Lipinski definition) is 0. The number of hydrogen-bond acceptors (Lipinski definition) is 4. The third kappa shape index (κ3) is 6.03. The Labute approximate surface area is 229 Å². The maximum atomic E-state index is 14.2. The second kappa shape index (κ2) is 11.4. The van der Waals surface area contributed by atoms with Gasteiger partial charge < -0.3 is 9.30 Å². The molecule has 6 heteroatoms. The molecule has 0 saturated carbocycles. The molecule has 0 aliphatic carbocycles. The molecule has 2 aromatic heterocycles. The first kappa shape index (κ1) is 25.3. The topological polar surface area (TPSA) is 33.5 Å². The molecule has 0 spiro atoms. The van der Waals surface area contributed by atoms with Gasteiger partial charge in [-0.15, -0.1) is 0 Å². The lowest BCUT2D eigenvalue weighted by Gasteiger charge is -2.24. The first-order chi connectivity index (χ1) is 19.1. The summed E-state index contributed by atoms with van der Waals surface area (Å²) in [6, 6.07) is 28.4. The van der Waals surface area contributed by atoms with Crippen molar-refractivity contribution in [3.05, 3.63) is 120 Å². The molecule has 0 fully saturated rings. The number of pyridine rings is 1. The molecule has 3 aromatic carbocycles. The van der Waals surface area contributed by atoms with E-state index in [-0.39, 0.29) is 5.82 Å². The SMILES string of the molecule is CN1CCOc2cccc(c2)-c2cc3cc(F)ccc3n2CCN(Cc2cccnc2)Cc2cccc(c2)C1. The zero-order valence-corrected chi connectivity index (χ0v) is 22.3. The van der Waals surface area contributed by atoms with Crippen LogP contribution in [-0.2, 0) is 26.2 Å². The lowest BCUT2D eigenvalue weighted by atomic mass is 10.1. The Balaban J connectivity index is 1.41. The van der Waals surface area contributed by atoms with Gasteiger partial charge in [0.25, 0.3) is 0 Å². The highest BCUT2D eigenvalue weighted by Gasteiger charge is 2.16. The maximum absolute atomic E-state index is 14.2. The predicted octanol–water partition coefficient (Wildman–Crippen LogP) is 6.37. The lowest BCUT2D eigenvalue weighted by molar-refractivity contribution is 0.232. The van der Waals surface area contributed by atoms with Gasteiger partial charge in [-0.1, -0.05) is 42.5 Å². The van der Waals surface area contributed by atoms with Gasteiger partial charge in [0.15, 0.2) is 0 Å². The van der Waals surface area contributed by atoms with Crippen LogP contribution >= 0.6 is 0 Å². The van der Waals surface area contributed by atoms with E-state index in [2.05, 4.69) is 74.9 Å². The number of aromatic nitrogens is 2. The summed E-state index contributed by atoms with van der Waals surface area (Å²) in [5.41, 5.74) is 6.92. The molecular weight excluding hydrogens is 487 g/mol. The molecular formula is C33H33FN4O. The molecule has 5 aromatic rings. The molecule has 198 valence electrons. The first-order valence-electron chi connectivity index (χ1n) is 13.5. The molecule has 0 atom stereocenters. The van der Waals surface area contributed by atoms with Crippen molar-refractivity contribution in [2.24, 2.45) is 0 Å². The van der Waals surface area contributed by atoms with Gasteiger partial charge in [-0.05, 0) is 66.2 Å². The smallest absolute Gasteiger partial charge is 0.123 e. The van der Waals surface area contributed by atoms with Crippen molar-refractivity contribution in [3.8, 4) is 17.0 Å². The first-order valence-corrected chi connectivity index (χ1v) is 13.5. The summed E-state index contributed by atoms with van der Waals surface area (Å²) in [5, 5.41) is 0.902. The van der Waals surface area contributed by atoms with Crippen molar-refractivity contribution in [1.82, 2.24) is 19.4 Å². The van der Waals surface area contributed by atoms with Crippen LogP contribution in [0.2, 0.25) is 0 Å². The van der Waals surface area contributed by atoms with E-state index in [0.29, 0.717) is 6.61 Å². The normalized spacial score (nSPS) is 15.4. The van der Waals surface area contributed by atoms with Crippen molar-refractivity contribution in [1.29, 1.82) is 0 Å². The quantitative estimate of drug-likeness (QED) is 0.271. The predicted molar refractivity (Wildman–Crippen MR) is 154 cm³/mol. The zero-order chi connectivity index (χ0) is 26.6. The van der Waals surface area contributed by atoms with Crippen LogP contribution in [0.15, 0.2) is 97.3 Å². The minimum absolute atomic E-state index is 0.222. The fraction of sp³-hybridized carbons (Fsp3) is 0.242. The Hall–Kier alpha value is -4.00. The summed E-state index contributed by atoms with van der Waals surface area (Å²) in [5.74, 6) is 0.619. The largest absolute Gasteiger partial charge is 0.492 e. The Morgan fingerprint density at radius 2 is 1.72 bits per heavy atom. The molecule has 5 nitrogen and oxygen atoms in total. The summed E-state index contributed by atoms with van der Waals surface area (Å²) in [6.07, 6.45) is 3.76. The number of nitrogens with zero attached hydrogens (tertiary/aromatic N) is 4. The van der Waals surface area contributed by atoms with Crippen molar-refractivity contribution < 1.29 is 9.13 Å². The third-order valence-electron chi connectivity index (χ3n) is 7.35. The number of rotatable bonds is 2. The van der Waals surface area contributed by atoms with Gasteiger partial charge in [0.1, 0.15) is 18.2 Å². The Morgan fingerprint density at radius 1 is 0.846 bits per heavy atom. The van der Waals surface area contributed by atoms with Crippen LogP contribution in [0, 0.1) is 5.82 Å². The molecule has 39 heavy (non-hydrogen) atoms. The number of benzene rings is 3. The van der Waals surface area contributed by atoms with Gasteiger partial charge in [-0.2, -0.15) is 0 Å². The van der Waals surface area contributed by atoms with Gasteiger partial charge >= 0.3 is 0 Å². The zero-order valence-electron chi connectivity index (χ0n) is 22.3. The number of likely N-dealkylation sites (N-methyl/N-ethyl adjacent to an activating group) is 1. The molecule has 4 bridgehead atoms. The molecule has 0 saturated heterocycles. The highest BCUT2D eigenvalue weighted by Crippen LogP contribution is 2.31. The van der Waals surface area contributed by atoms with Gasteiger partial charge in [-0.25, -0.2) is 4.39 Å². The maximum Gasteiger partial charge on any atom is 0.123 e. The Morgan fingerprint density at radius 3 is 2.59 bits per heavy atom. The van der Waals surface area contributed by atoms with E-state index in [9.17, 15) is 4.39 Å². The Kier molecular flexibility index (Phi) is 7.39. The fourth-order valence-electron chi connectivity index (χ4n) is 5.47. The van der Waals surface area contributed by atoms with Crippen molar-refractivity contribution in [3.63, 3.8) is 0 Å². The van der Waals surface area contributed by atoms with Crippen molar-refractivity contribution in [2.45, 2.75) is 26.2 Å². The lowest BCUT2D eigenvalue weighted by Crippen LogP contribution is -2.27. The number of fused-ring (bicyclic) bond motifs is 8. The molecule has 3 heterocycles. The van der Waals surface area contributed by atoms with Crippen LogP contribution < -0.4 is 4.74 Å². The van der Waals surface area contributed by atoms with E-state index in [0.717, 1.165) is 67.2 Å². The van der Waals surface area contributed by atoms with E-state index in [1.165, 1.54) is 16.7 Å². The van der Waals surface area contributed by atoms with Gasteiger partial charge in [-0.3, -0.25) is 14.8 Å². The summed E-state index contributed by atoms with van der Waals surface area (Å²) >= 11 is 0. The molecule has 1 aliphatic rings. The van der Waals surface area contributed by atoms with Gasteiger partial charge in [0.2, 0.25) is 0 Å².